The summed E-state index contributed by atoms with van der Waals surface area (Å²) in [6.45, 7) is 1.15. The first-order valence-corrected chi connectivity index (χ1v) is 6.46. The van der Waals surface area contributed by atoms with Gasteiger partial charge >= 0.3 is 0 Å². The van der Waals surface area contributed by atoms with Crippen LogP contribution < -0.4 is 0 Å². The molecule has 0 aliphatic carbocycles. The van der Waals surface area contributed by atoms with Crippen molar-refractivity contribution in [3.05, 3.63) is 35.4 Å². The Bertz CT molecular complexity index is 453. The van der Waals surface area contributed by atoms with E-state index in [4.69, 9.17) is 11.6 Å². The minimum Gasteiger partial charge on any atom is -0.338 e. The van der Waals surface area contributed by atoms with Crippen LogP contribution in [0.5, 0.6) is 0 Å². The van der Waals surface area contributed by atoms with Crippen molar-refractivity contribution in [2.75, 3.05) is 19.0 Å². The number of halogens is 3. The van der Waals surface area contributed by atoms with Gasteiger partial charge in [-0.25, -0.2) is 8.78 Å². The van der Waals surface area contributed by atoms with Crippen LogP contribution in [0.3, 0.4) is 0 Å². The second kappa shape index (κ2) is 5.65. The van der Waals surface area contributed by atoms with Crippen LogP contribution in [-0.2, 0) is 0 Å². The Labute approximate surface area is 110 Å². The first kappa shape index (κ1) is 13.3. The molecule has 0 bridgehead atoms. The molecule has 1 atom stereocenters. The fourth-order valence-corrected chi connectivity index (χ4v) is 2.55. The molecular formula is C13H14ClF2NO. The summed E-state index contributed by atoms with van der Waals surface area (Å²) in [5.41, 5.74) is -0.193. The van der Waals surface area contributed by atoms with Gasteiger partial charge < -0.3 is 4.90 Å². The predicted molar refractivity (Wildman–Crippen MR) is 65.7 cm³/mol. The van der Waals surface area contributed by atoms with Crippen LogP contribution in [0.1, 0.15) is 23.2 Å². The van der Waals surface area contributed by atoms with Gasteiger partial charge in [0.15, 0.2) is 11.6 Å². The van der Waals surface area contributed by atoms with E-state index >= 15 is 0 Å². The quantitative estimate of drug-likeness (QED) is 0.775. The second-order valence-electron chi connectivity index (χ2n) is 4.48. The fourth-order valence-electron chi connectivity index (χ4n) is 2.25. The molecule has 18 heavy (non-hydrogen) atoms. The van der Waals surface area contributed by atoms with Crippen molar-refractivity contribution in [3.63, 3.8) is 0 Å². The van der Waals surface area contributed by atoms with Crippen LogP contribution >= 0.6 is 11.6 Å². The number of benzene rings is 1. The summed E-state index contributed by atoms with van der Waals surface area (Å²) in [6, 6.07) is 3.67. The molecule has 2 rings (SSSR count). The van der Waals surface area contributed by atoms with Crippen LogP contribution in [0.2, 0.25) is 0 Å². The van der Waals surface area contributed by atoms with Crippen molar-refractivity contribution in [2.24, 2.45) is 5.92 Å². The first-order valence-electron chi connectivity index (χ1n) is 5.92. The first-order chi connectivity index (χ1) is 8.63. The minimum atomic E-state index is -1.07. The normalized spacial score (nSPS) is 19.3. The van der Waals surface area contributed by atoms with Crippen LogP contribution in [0.15, 0.2) is 18.2 Å². The number of alkyl halides is 1. The summed E-state index contributed by atoms with van der Waals surface area (Å²) in [5, 5.41) is 0. The number of hydrogen-bond acceptors (Lipinski definition) is 1. The molecule has 1 amide bonds. The van der Waals surface area contributed by atoms with Crippen LogP contribution in [0.4, 0.5) is 8.78 Å². The molecule has 1 unspecified atom stereocenters. The molecule has 1 fully saturated rings. The Hall–Kier alpha value is -1.16. The van der Waals surface area contributed by atoms with Gasteiger partial charge in [0.05, 0.1) is 5.56 Å². The molecule has 1 aliphatic rings. The van der Waals surface area contributed by atoms with E-state index in [0.29, 0.717) is 24.9 Å². The third kappa shape index (κ3) is 2.64. The van der Waals surface area contributed by atoms with Gasteiger partial charge in [-0.1, -0.05) is 6.07 Å². The van der Waals surface area contributed by atoms with E-state index < -0.39 is 17.5 Å². The molecule has 1 heterocycles. The highest BCUT2D eigenvalue weighted by molar-refractivity contribution is 6.17. The molecule has 0 spiro atoms. The highest BCUT2D eigenvalue weighted by atomic mass is 35.5. The van der Waals surface area contributed by atoms with Gasteiger partial charge in [-0.2, -0.15) is 0 Å². The topological polar surface area (TPSA) is 20.3 Å². The summed E-state index contributed by atoms with van der Waals surface area (Å²) < 4.78 is 26.6. The van der Waals surface area contributed by atoms with Crippen molar-refractivity contribution >= 4 is 17.5 Å². The lowest BCUT2D eigenvalue weighted by Crippen LogP contribution is -2.29. The Balaban J connectivity index is 2.11. The number of hydrogen-bond donors (Lipinski definition) is 0. The lowest BCUT2D eigenvalue weighted by Gasteiger charge is -2.16. The third-order valence-corrected chi connectivity index (χ3v) is 3.49. The summed E-state index contributed by atoms with van der Waals surface area (Å²) in [6.07, 6.45) is 1.71. The summed E-state index contributed by atoms with van der Waals surface area (Å²) in [7, 11) is 0. The standard InChI is InChI=1S/C13H14ClF2NO/c14-6-4-9-5-7-17(8-9)13(18)10-2-1-3-11(15)12(10)16/h1-3,9H,4-8H2. The van der Waals surface area contributed by atoms with E-state index in [0.717, 1.165) is 18.9 Å². The average Bonchev–Trinajstić information content (AvgIpc) is 2.81. The molecule has 0 saturated carbocycles. The second-order valence-corrected chi connectivity index (χ2v) is 4.86. The molecule has 1 aromatic rings. The summed E-state index contributed by atoms with van der Waals surface area (Å²) in [5.74, 6) is -1.58. The number of rotatable bonds is 3. The molecular weight excluding hydrogens is 260 g/mol. The Morgan fingerprint density at radius 3 is 2.94 bits per heavy atom. The predicted octanol–water partition coefficient (Wildman–Crippen LogP) is 3.06. The largest absolute Gasteiger partial charge is 0.338 e. The maximum Gasteiger partial charge on any atom is 0.256 e. The van der Waals surface area contributed by atoms with Crippen molar-refractivity contribution in [2.45, 2.75) is 12.8 Å². The van der Waals surface area contributed by atoms with E-state index in [1.54, 1.807) is 4.90 Å². The summed E-state index contributed by atoms with van der Waals surface area (Å²) >= 11 is 5.66. The van der Waals surface area contributed by atoms with E-state index in [2.05, 4.69) is 0 Å². The summed E-state index contributed by atoms with van der Waals surface area (Å²) in [4.78, 5) is 13.6. The zero-order valence-corrected chi connectivity index (χ0v) is 10.6. The molecule has 0 radical (unpaired) electrons. The molecule has 1 saturated heterocycles. The zero-order chi connectivity index (χ0) is 13.1. The van der Waals surface area contributed by atoms with Crippen LogP contribution in [-0.4, -0.2) is 29.8 Å². The van der Waals surface area contributed by atoms with Crippen molar-refractivity contribution in [3.8, 4) is 0 Å². The highest BCUT2D eigenvalue weighted by Crippen LogP contribution is 2.23. The zero-order valence-electron chi connectivity index (χ0n) is 9.83. The minimum absolute atomic E-state index is 0.193. The monoisotopic (exact) mass is 273 g/mol. The fraction of sp³-hybridized carbons (Fsp3) is 0.462. The SMILES string of the molecule is O=C(c1cccc(F)c1F)N1CCC(CCCl)C1. The number of carbonyl (C=O) groups excluding carboxylic acids is 1. The van der Waals surface area contributed by atoms with Crippen molar-refractivity contribution in [1.29, 1.82) is 0 Å². The van der Waals surface area contributed by atoms with Gasteiger partial charge in [-0.15, -0.1) is 11.6 Å². The van der Waals surface area contributed by atoms with Crippen molar-refractivity contribution < 1.29 is 13.6 Å². The molecule has 1 aromatic carbocycles. The molecule has 2 nitrogen and oxygen atoms in total. The van der Waals surface area contributed by atoms with Crippen LogP contribution in [0, 0.1) is 17.6 Å². The number of likely N-dealkylation sites (tertiary alicyclic amines) is 1. The number of amides is 1. The Kier molecular flexibility index (Phi) is 4.17. The number of carbonyl (C=O) groups is 1. The van der Waals surface area contributed by atoms with Gasteiger partial charge in [-0.05, 0) is 30.9 Å². The van der Waals surface area contributed by atoms with E-state index in [9.17, 15) is 13.6 Å². The van der Waals surface area contributed by atoms with Crippen molar-refractivity contribution in [1.82, 2.24) is 4.90 Å². The smallest absolute Gasteiger partial charge is 0.256 e. The van der Waals surface area contributed by atoms with Crippen LogP contribution in [0.25, 0.3) is 0 Å². The van der Waals surface area contributed by atoms with Gasteiger partial charge in [0.25, 0.3) is 5.91 Å². The molecule has 0 N–H and O–H groups in total. The number of nitrogens with zero attached hydrogens (tertiary/aromatic N) is 1. The van der Waals surface area contributed by atoms with E-state index in [1.165, 1.54) is 12.1 Å². The molecule has 5 heteroatoms. The lowest BCUT2D eigenvalue weighted by molar-refractivity contribution is 0.0781. The Morgan fingerprint density at radius 1 is 1.44 bits per heavy atom. The maximum absolute atomic E-state index is 13.5. The maximum atomic E-state index is 13.5. The van der Waals surface area contributed by atoms with Gasteiger partial charge in [0, 0.05) is 19.0 Å². The molecule has 1 aliphatic heterocycles. The highest BCUT2D eigenvalue weighted by Gasteiger charge is 2.28. The average molecular weight is 274 g/mol. The third-order valence-electron chi connectivity index (χ3n) is 3.27. The van der Waals surface area contributed by atoms with Gasteiger partial charge in [0.1, 0.15) is 0 Å². The van der Waals surface area contributed by atoms with E-state index in [-0.39, 0.29) is 5.56 Å². The van der Waals surface area contributed by atoms with Gasteiger partial charge in [0.2, 0.25) is 0 Å². The molecule has 0 aromatic heterocycles. The Morgan fingerprint density at radius 2 is 2.22 bits per heavy atom. The molecule has 98 valence electrons. The van der Waals surface area contributed by atoms with E-state index in [1.807, 2.05) is 0 Å². The van der Waals surface area contributed by atoms with Gasteiger partial charge in [-0.3, -0.25) is 4.79 Å². The lowest BCUT2D eigenvalue weighted by atomic mass is 10.1.